The van der Waals surface area contributed by atoms with Gasteiger partial charge >= 0.3 is 5.97 Å². The van der Waals surface area contributed by atoms with Gasteiger partial charge in [-0.05, 0) is 35.6 Å². The molecule has 1 aromatic carbocycles. The molecule has 0 atom stereocenters. The average molecular weight is 258 g/mol. The molecule has 92 valence electrons. The van der Waals surface area contributed by atoms with Crippen LogP contribution in [-0.2, 0) is 9.53 Å². The highest BCUT2D eigenvalue weighted by molar-refractivity contribution is 7.11. The lowest BCUT2D eigenvalue weighted by Crippen LogP contribution is -1.92. The smallest absolute Gasteiger partial charge is 0.330 e. The number of thiophene rings is 1. The van der Waals surface area contributed by atoms with E-state index in [1.54, 1.807) is 17.4 Å². The van der Waals surface area contributed by atoms with E-state index in [4.69, 9.17) is 0 Å². The van der Waals surface area contributed by atoms with Gasteiger partial charge in [-0.1, -0.05) is 29.8 Å². The summed E-state index contributed by atoms with van der Waals surface area (Å²) in [7, 11) is 1.37. The molecule has 2 aromatic rings. The summed E-state index contributed by atoms with van der Waals surface area (Å²) >= 11 is 1.61. The van der Waals surface area contributed by atoms with E-state index in [9.17, 15) is 4.79 Å². The molecule has 3 heteroatoms. The van der Waals surface area contributed by atoms with Crippen molar-refractivity contribution in [1.29, 1.82) is 0 Å². The van der Waals surface area contributed by atoms with Gasteiger partial charge in [-0.2, -0.15) is 0 Å². The maximum atomic E-state index is 11.0. The van der Waals surface area contributed by atoms with E-state index in [1.807, 2.05) is 0 Å². The number of methoxy groups -OCH3 is 1. The van der Waals surface area contributed by atoms with E-state index < -0.39 is 0 Å². The van der Waals surface area contributed by atoms with Crippen molar-refractivity contribution in [2.75, 3.05) is 7.11 Å². The van der Waals surface area contributed by atoms with Crippen molar-refractivity contribution in [3.8, 4) is 11.1 Å². The van der Waals surface area contributed by atoms with Crippen LogP contribution in [0.5, 0.6) is 0 Å². The third-order valence-electron chi connectivity index (χ3n) is 2.59. The molecule has 0 radical (unpaired) electrons. The largest absolute Gasteiger partial charge is 0.466 e. The van der Waals surface area contributed by atoms with Crippen LogP contribution in [0.15, 0.2) is 41.8 Å². The Morgan fingerprint density at radius 2 is 1.94 bits per heavy atom. The number of benzene rings is 1. The third kappa shape index (κ3) is 3.08. The Labute approximate surface area is 111 Å². The highest BCUT2D eigenvalue weighted by Crippen LogP contribution is 2.26. The fraction of sp³-hybridized carbons (Fsp3) is 0.133. The van der Waals surface area contributed by atoms with Crippen LogP contribution in [0.4, 0.5) is 0 Å². The van der Waals surface area contributed by atoms with E-state index in [0.717, 1.165) is 4.88 Å². The molecule has 0 fully saturated rings. The summed E-state index contributed by atoms with van der Waals surface area (Å²) < 4.78 is 4.56. The Balaban J connectivity index is 2.18. The van der Waals surface area contributed by atoms with E-state index in [2.05, 4.69) is 47.4 Å². The lowest BCUT2D eigenvalue weighted by Gasteiger charge is -1.97. The Morgan fingerprint density at radius 1 is 1.22 bits per heavy atom. The van der Waals surface area contributed by atoms with Crippen LogP contribution in [0.1, 0.15) is 10.4 Å². The summed E-state index contributed by atoms with van der Waals surface area (Å²) in [6.07, 6.45) is 3.21. The lowest BCUT2D eigenvalue weighted by atomic mass is 10.1. The zero-order valence-corrected chi connectivity index (χ0v) is 11.2. The van der Waals surface area contributed by atoms with Crippen LogP contribution in [0, 0.1) is 6.92 Å². The van der Waals surface area contributed by atoms with Crippen LogP contribution in [0.25, 0.3) is 17.2 Å². The monoisotopic (exact) mass is 258 g/mol. The van der Waals surface area contributed by atoms with Gasteiger partial charge in [-0.25, -0.2) is 4.79 Å². The number of carbonyl (C=O) groups excluding carboxylic acids is 1. The Bertz CT molecular complexity index is 564. The van der Waals surface area contributed by atoms with Crippen molar-refractivity contribution < 1.29 is 9.53 Å². The minimum Gasteiger partial charge on any atom is -0.466 e. The van der Waals surface area contributed by atoms with Gasteiger partial charge in [0.15, 0.2) is 0 Å². The number of hydrogen-bond donors (Lipinski definition) is 0. The second-order valence-corrected chi connectivity index (χ2v) is 4.90. The number of aryl methyl sites for hydroxylation is 1. The van der Waals surface area contributed by atoms with Crippen LogP contribution >= 0.6 is 11.3 Å². The molecule has 0 amide bonds. The summed E-state index contributed by atoms with van der Waals surface area (Å²) in [5, 5.41) is 2.08. The first-order valence-corrected chi connectivity index (χ1v) is 6.48. The van der Waals surface area contributed by atoms with E-state index >= 15 is 0 Å². The summed E-state index contributed by atoms with van der Waals surface area (Å²) in [6, 6.07) is 10.5. The predicted octanol–water partition coefficient (Wildman–Crippen LogP) is 3.91. The van der Waals surface area contributed by atoms with Gasteiger partial charge in [0.05, 0.1) is 7.11 Å². The fourth-order valence-corrected chi connectivity index (χ4v) is 2.36. The molecule has 2 nitrogen and oxygen atoms in total. The summed E-state index contributed by atoms with van der Waals surface area (Å²) in [6.45, 7) is 2.07. The SMILES string of the molecule is COC(=O)C=Cc1cc(-c2ccc(C)cc2)cs1. The first-order valence-electron chi connectivity index (χ1n) is 5.60. The summed E-state index contributed by atoms with van der Waals surface area (Å²) in [4.78, 5) is 12.0. The second-order valence-electron chi connectivity index (χ2n) is 3.96. The summed E-state index contributed by atoms with van der Waals surface area (Å²) in [5.74, 6) is -0.333. The first kappa shape index (κ1) is 12.6. The quantitative estimate of drug-likeness (QED) is 0.616. The average Bonchev–Trinajstić information content (AvgIpc) is 2.85. The van der Waals surface area contributed by atoms with Crippen molar-refractivity contribution in [2.45, 2.75) is 6.92 Å². The number of hydrogen-bond acceptors (Lipinski definition) is 3. The van der Waals surface area contributed by atoms with Crippen LogP contribution < -0.4 is 0 Å². The Morgan fingerprint density at radius 3 is 2.61 bits per heavy atom. The zero-order chi connectivity index (χ0) is 13.0. The van der Waals surface area contributed by atoms with E-state index in [-0.39, 0.29) is 5.97 Å². The van der Waals surface area contributed by atoms with Gasteiger partial charge in [-0.3, -0.25) is 0 Å². The van der Waals surface area contributed by atoms with Crippen molar-refractivity contribution in [2.24, 2.45) is 0 Å². The molecule has 0 aliphatic rings. The van der Waals surface area contributed by atoms with Crippen LogP contribution in [0.2, 0.25) is 0 Å². The van der Waals surface area contributed by atoms with Gasteiger partial charge in [-0.15, -0.1) is 11.3 Å². The standard InChI is InChI=1S/C15H14O2S/c1-11-3-5-12(6-4-11)13-9-14(18-10-13)7-8-15(16)17-2/h3-10H,1-2H3. The predicted molar refractivity (Wildman–Crippen MR) is 75.5 cm³/mol. The molecule has 1 heterocycles. The maximum Gasteiger partial charge on any atom is 0.330 e. The molecule has 1 aromatic heterocycles. The molecule has 0 unspecified atom stereocenters. The van der Waals surface area contributed by atoms with Crippen molar-refractivity contribution in [3.05, 3.63) is 52.2 Å². The molecule has 0 aliphatic heterocycles. The molecule has 0 spiro atoms. The molecule has 18 heavy (non-hydrogen) atoms. The van der Waals surface area contributed by atoms with Crippen LogP contribution in [-0.4, -0.2) is 13.1 Å². The highest BCUT2D eigenvalue weighted by Gasteiger charge is 2.01. The molecule has 0 aliphatic carbocycles. The van der Waals surface area contributed by atoms with Gasteiger partial charge in [0.1, 0.15) is 0 Å². The number of esters is 1. The topological polar surface area (TPSA) is 26.3 Å². The van der Waals surface area contributed by atoms with Crippen molar-refractivity contribution in [1.82, 2.24) is 0 Å². The zero-order valence-electron chi connectivity index (χ0n) is 10.3. The second kappa shape index (κ2) is 5.65. The highest BCUT2D eigenvalue weighted by atomic mass is 32.1. The van der Waals surface area contributed by atoms with Gasteiger partial charge in [0.2, 0.25) is 0 Å². The number of rotatable bonds is 3. The summed E-state index contributed by atoms with van der Waals surface area (Å²) in [5.41, 5.74) is 3.61. The molecule has 0 N–H and O–H groups in total. The Kier molecular flexibility index (Phi) is 3.95. The molecule has 2 rings (SSSR count). The van der Waals surface area contributed by atoms with Gasteiger partial charge < -0.3 is 4.74 Å². The van der Waals surface area contributed by atoms with Crippen molar-refractivity contribution in [3.63, 3.8) is 0 Å². The molecular weight excluding hydrogens is 244 g/mol. The van der Waals surface area contributed by atoms with Crippen LogP contribution in [0.3, 0.4) is 0 Å². The molecule has 0 bridgehead atoms. The van der Waals surface area contributed by atoms with Gasteiger partial charge in [0.25, 0.3) is 0 Å². The third-order valence-corrected chi connectivity index (χ3v) is 3.49. The maximum absolute atomic E-state index is 11.0. The van der Waals surface area contributed by atoms with E-state index in [1.165, 1.54) is 29.9 Å². The van der Waals surface area contributed by atoms with Gasteiger partial charge in [0, 0.05) is 11.0 Å². The molecule has 0 saturated carbocycles. The molecule has 0 saturated heterocycles. The minimum atomic E-state index is -0.333. The molecular formula is C15H14O2S. The number of carbonyl (C=O) groups is 1. The minimum absolute atomic E-state index is 0.333. The van der Waals surface area contributed by atoms with Crippen molar-refractivity contribution >= 4 is 23.4 Å². The normalized spacial score (nSPS) is 10.8. The first-order chi connectivity index (χ1) is 8.69. The fourth-order valence-electron chi connectivity index (χ4n) is 1.56. The lowest BCUT2D eigenvalue weighted by molar-refractivity contribution is -0.134. The van der Waals surface area contributed by atoms with E-state index in [0.29, 0.717) is 0 Å². The number of ether oxygens (including phenoxy) is 1. The Hall–Kier alpha value is -1.87.